The number of benzene rings is 1. The minimum Gasteiger partial charge on any atom is -0.350 e. The highest BCUT2D eigenvalue weighted by Crippen LogP contribution is 2.05. The number of pyridine rings is 1. The van der Waals surface area contributed by atoms with Crippen molar-refractivity contribution in [1.82, 2.24) is 10.3 Å². The lowest BCUT2D eigenvalue weighted by Crippen LogP contribution is -2.23. The summed E-state index contributed by atoms with van der Waals surface area (Å²) in [5.74, 6) is -0.293. The van der Waals surface area contributed by atoms with E-state index in [0.717, 1.165) is 11.3 Å². The van der Waals surface area contributed by atoms with Gasteiger partial charge in [0.2, 0.25) is 5.91 Å². The van der Waals surface area contributed by atoms with Gasteiger partial charge >= 0.3 is 0 Å². The summed E-state index contributed by atoms with van der Waals surface area (Å²) in [6, 6.07) is 11.8. The average molecular weight is 258 g/mol. The van der Waals surface area contributed by atoms with Crippen LogP contribution in [-0.2, 0) is 17.8 Å². The van der Waals surface area contributed by atoms with Gasteiger partial charge in [-0.25, -0.2) is 4.39 Å². The Balaban J connectivity index is 1.74. The summed E-state index contributed by atoms with van der Waals surface area (Å²) in [6.07, 6.45) is 2.69. The molecule has 0 bridgehead atoms. The molecule has 0 fully saturated rings. The van der Waals surface area contributed by atoms with E-state index in [4.69, 9.17) is 0 Å². The first kappa shape index (κ1) is 13.2. The molecule has 0 atom stereocenters. The van der Waals surface area contributed by atoms with E-state index in [1.807, 2.05) is 18.2 Å². The largest absolute Gasteiger partial charge is 0.350 e. The second-order valence-corrected chi connectivity index (χ2v) is 4.22. The quantitative estimate of drug-likeness (QED) is 0.895. The number of aromatic nitrogens is 1. The lowest BCUT2D eigenvalue weighted by molar-refractivity contribution is -0.121. The first-order valence-electron chi connectivity index (χ1n) is 6.15. The molecule has 19 heavy (non-hydrogen) atoms. The molecule has 0 spiro atoms. The molecule has 4 heteroatoms. The third kappa shape index (κ3) is 4.50. The van der Waals surface area contributed by atoms with Gasteiger partial charge in [0.25, 0.3) is 0 Å². The number of aryl methyl sites for hydroxylation is 1. The van der Waals surface area contributed by atoms with E-state index < -0.39 is 0 Å². The van der Waals surface area contributed by atoms with Gasteiger partial charge in [-0.1, -0.05) is 18.2 Å². The van der Waals surface area contributed by atoms with Crippen LogP contribution in [0.4, 0.5) is 4.39 Å². The maximum absolute atomic E-state index is 12.7. The van der Waals surface area contributed by atoms with Crippen LogP contribution in [0.3, 0.4) is 0 Å². The summed E-state index contributed by atoms with van der Waals surface area (Å²) in [5, 5.41) is 2.81. The number of nitrogens with one attached hydrogen (secondary N) is 1. The van der Waals surface area contributed by atoms with E-state index in [0.29, 0.717) is 19.4 Å². The minimum absolute atomic E-state index is 0.0324. The monoisotopic (exact) mass is 258 g/mol. The first-order valence-corrected chi connectivity index (χ1v) is 6.15. The Morgan fingerprint density at radius 3 is 2.63 bits per heavy atom. The molecule has 0 aliphatic heterocycles. The molecule has 0 radical (unpaired) electrons. The van der Waals surface area contributed by atoms with E-state index in [-0.39, 0.29) is 11.7 Å². The topological polar surface area (TPSA) is 42.0 Å². The third-order valence-electron chi connectivity index (χ3n) is 2.75. The lowest BCUT2D eigenvalue weighted by Gasteiger charge is -2.05. The van der Waals surface area contributed by atoms with E-state index in [1.165, 1.54) is 12.1 Å². The van der Waals surface area contributed by atoms with E-state index in [9.17, 15) is 9.18 Å². The number of rotatable bonds is 5. The molecule has 0 saturated carbocycles. The van der Waals surface area contributed by atoms with Crippen molar-refractivity contribution < 1.29 is 9.18 Å². The fourth-order valence-electron chi connectivity index (χ4n) is 1.69. The molecular weight excluding hydrogens is 243 g/mol. The van der Waals surface area contributed by atoms with Crippen LogP contribution < -0.4 is 5.32 Å². The number of halogens is 1. The molecular formula is C15H15FN2O. The highest BCUT2D eigenvalue weighted by molar-refractivity contribution is 5.76. The minimum atomic E-state index is -0.261. The number of carbonyl (C=O) groups is 1. The second kappa shape index (κ2) is 6.64. The lowest BCUT2D eigenvalue weighted by atomic mass is 10.1. The van der Waals surface area contributed by atoms with Gasteiger partial charge in [0, 0.05) is 12.6 Å². The normalized spacial score (nSPS) is 10.2. The van der Waals surface area contributed by atoms with Crippen LogP contribution in [0.25, 0.3) is 0 Å². The van der Waals surface area contributed by atoms with Gasteiger partial charge in [-0.2, -0.15) is 0 Å². The molecule has 98 valence electrons. The summed E-state index contributed by atoms with van der Waals surface area (Å²) in [7, 11) is 0. The molecule has 0 aliphatic rings. The Morgan fingerprint density at radius 1 is 1.16 bits per heavy atom. The van der Waals surface area contributed by atoms with Crippen LogP contribution in [0, 0.1) is 5.82 Å². The Morgan fingerprint density at radius 2 is 1.95 bits per heavy atom. The summed E-state index contributed by atoms with van der Waals surface area (Å²) < 4.78 is 12.7. The summed E-state index contributed by atoms with van der Waals surface area (Å²) in [5.41, 5.74) is 1.78. The summed E-state index contributed by atoms with van der Waals surface area (Å²) in [6.45, 7) is 0.434. The van der Waals surface area contributed by atoms with Gasteiger partial charge < -0.3 is 5.32 Å². The standard InChI is InChI=1S/C15H15FN2O/c16-13-7-4-12(5-8-13)6-9-15(19)18-11-14-3-1-2-10-17-14/h1-5,7-8,10H,6,9,11H2,(H,18,19). The van der Waals surface area contributed by atoms with Crippen LogP contribution in [0.15, 0.2) is 48.7 Å². The predicted molar refractivity (Wildman–Crippen MR) is 70.8 cm³/mol. The van der Waals surface area contributed by atoms with Gasteiger partial charge in [-0.3, -0.25) is 9.78 Å². The maximum Gasteiger partial charge on any atom is 0.220 e. The molecule has 0 unspecified atom stereocenters. The van der Waals surface area contributed by atoms with Crippen molar-refractivity contribution in [3.63, 3.8) is 0 Å². The van der Waals surface area contributed by atoms with Gasteiger partial charge in [0.15, 0.2) is 0 Å². The number of hydrogen-bond acceptors (Lipinski definition) is 2. The first-order chi connectivity index (χ1) is 9.24. The van der Waals surface area contributed by atoms with E-state index in [1.54, 1.807) is 18.3 Å². The van der Waals surface area contributed by atoms with Crippen molar-refractivity contribution in [2.24, 2.45) is 0 Å². The molecule has 1 N–H and O–H groups in total. The molecule has 1 aromatic heterocycles. The van der Waals surface area contributed by atoms with Crippen molar-refractivity contribution in [3.05, 3.63) is 65.7 Å². The van der Waals surface area contributed by atoms with Gasteiger partial charge in [0.1, 0.15) is 5.82 Å². The van der Waals surface area contributed by atoms with Crippen LogP contribution in [0.2, 0.25) is 0 Å². The van der Waals surface area contributed by atoms with Crippen molar-refractivity contribution in [2.75, 3.05) is 0 Å². The molecule has 2 aromatic rings. The van der Waals surface area contributed by atoms with Crippen LogP contribution >= 0.6 is 0 Å². The molecule has 0 saturated heterocycles. The highest BCUT2D eigenvalue weighted by Gasteiger charge is 2.03. The van der Waals surface area contributed by atoms with Crippen LogP contribution in [0.5, 0.6) is 0 Å². The van der Waals surface area contributed by atoms with Crippen LogP contribution in [-0.4, -0.2) is 10.9 Å². The molecule has 2 rings (SSSR count). The maximum atomic E-state index is 12.7. The fourth-order valence-corrected chi connectivity index (χ4v) is 1.69. The van der Waals surface area contributed by atoms with Crippen LogP contribution in [0.1, 0.15) is 17.7 Å². The SMILES string of the molecule is O=C(CCc1ccc(F)cc1)NCc1ccccn1. The zero-order valence-electron chi connectivity index (χ0n) is 10.5. The number of nitrogens with zero attached hydrogens (tertiary/aromatic N) is 1. The zero-order valence-corrected chi connectivity index (χ0v) is 10.5. The average Bonchev–Trinajstić information content (AvgIpc) is 2.45. The molecule has 1 heterocycles. The smallest absolute Gasteiger partial charge is 0.220 e. The van der Waals surface area contributed by atoms with Gasteiger partial charge in [0.05, 0.1) is 12.2 Å². The zero-order chi connectivity index (χ0) is 13.5. The molecule has 1 aromatic carbocycles. The fraction of sp³-hybridized carbons (Fsp3) is 0.200. The third-order valence-corrected chi connectivity index (χ3v) is 2.75. The number of hydrogen-bond donors (Lipinski definition) is 1. The van der Waals surface area contributed by atoms with Crippen molar-refractivity contribution in [2.45, 2.75) is 19.4 Å². The van der Waals surface area contributed by atoms with Crippen molar-refractivity contribution in [1.29, 1.82) is 0 Å². The second-order valence-electron chi connectivity index (χ2n) is 4.22. The Bertz CT molecular complexity index is 526. The predicted octanol–water partition coefficient (Wildman–Crippen LogP) is 2.47. The van der Waals surface area contributed by atoms with Crippen molar-refractivity contribution >= 4 is 5.91 Å². The number of carbonyl (C=O) groups excluding carboxylic acids is 1. The van der Waals surface area contributed by atoms with Crippen molar-refractivity contribution in [3.8, 4) is 0 Å². The van der Waals surface area contributed by atoms with Gasteiger partial charge in [-0.15, -0.1) is 0 Å². The molecule has 0 aliphatic carbocycles. The Hall–Kier alpha value is -2.23. The summed E-state index contributed by atoms with van der Waals surface area (Å²) in [4.78, 5) is 15.8. The highest BCUT2D eigenvalue weighted by atomic mass is 19.1. The molecule has 1 amide bonds. The molecule has 3 nitrogen and oxygen atoms in total. The van der Waals surface area contributed by atoms with E-state index >= 15 is 0 Å². The summed E-state index contributed by atoms with van der Waals surface area (Å²) >= 11 is 0. The van der Waals surface area contributed by atoms with E-state index in [2.05, 4.69) is 10.3 Å². The Kier molecular flexibility index (Phi) is 4.61. The number of amides is 1. The Labute approximate surface area is 111 Å². The van der Waals surface area contributed by atoms with Gasteiger partial charge in [-0.05, 0) is 36.2 Å².